The molecule has 26 heavy (non-hydrogen) atoms. The molecule has 3 heterocycles. The summed E-state index contributed by atoms with van der Waals surface area (Å²) in [6.07, 6.45) is 6.33. The van der Waals surface area contributed by atoms with Crippen LogP contribution >= 0.6 is 0 Å². The van der Waals surface area contributed by atoms with Gasteiger partial charge in [-0.1, -0.05) is 54.6 Å². The molecule has 0 spiro atoms. The van der Waals surface area contributed by atoms with Gasteiger partial charge in [-0.3, -0.25) is 4.90 Å². The van der Waals surface area contributed by atoms with E-state index in [0.717, 1.165) is 25.4 Å². The van der Waals surface area contributed by atoms with Gasteiger partial charge in [0.1, 0.15) is 0 Å². The summed E-state index contributed by atoms with van der Waals surface area (Å²) in [5.41, 5.74) is 5.93. The van der Waals surface area contributed by atoms with Gasteiger partial charge in [-0.2, -0.15) is 0 Å². The number of allylic oxidation sites excluding steroid dienone is 2. The molecule has 1 saturated heterocycles. The van der Waals surface area contributed by atoms with E-state index in [1.54, 1.807) is 5.57 Å². The molecular weight excluding hydrogens is 316 g/mol. The maximum Gasteiger partial charge on any atom is 0.0485 e. The van der Waals surface area contributed by atoms with Crippen molar-refractivity contribution in [3.8, 4) is 0 Å². The molecule has 0 radical (unpaired) electrons. The van der Waals surface area contributed by atoms with Crippen molar-refractivity contribution in [1.29, 1.82) is 0 Å². The zero-order valence-corrected chi connectivity index (χ0v) is 15.3. The van der Waals surface area contributed by atoms with E-state index >= 15 is 0 Å². The Bertz CT molecular complexity index is 927. The lowest BCUT2D eigenvalue weighted by molar-refractivity contribution is 0.195. The van der Waals surface area contributed by atoms with Gasteiger partial charge in [0.2, 0.25) is 0 Å². The number of likely N-dealkylation sites (tertiary alicyclic amines) is 1. The first kappa shape index (κ1) is 15.9. The Morgan fingerprint density at radius 1 is 0.923 bits per heavy atom. The Morgan fingerprint density at radius 2 is 1.69 bits per heavy atom. The van der Waals surface area contributed by atoms with E-state index in [0.29, 0.717) is 0 Å². The average Bonchev–Trinajstić information content (AvgIpc) is 3.21. The molecule has 2 nitrogen and oxygen atoms in total. The largest absolute Gasteiger partial charge is 0.340 e. The zero-order chi connectivity index (χ0) is 17.3. The molecule has 5 rings (SSSR count). The maximum atomic E-state index is 2.61. The molecule has 2 aromatic carbocycles. The van der Waals surface area contributed by atoms with Gasteiger partial charge in [0, 0.05) is 30.7 Å². The van der Waals surface area contributed by atoms with Crippen LogP contribution in [0.3, 0.4) is 0 Å². The van der Waals surface area contributed by atoms with Crippen LogP contribution in [0.4, 0.5) is 0 Å². The highest BCUT2D eigenvalue weighted by molar-refractivity contribution is 5.82. The predicted molar refractivity (Wildman–Crippen MR) is 108 cm³/mol. The molecule has 3 aromatic rings. The van der Waals surface area contributed by atoms with Gasteiger partial charge in [0.25, 0.3) is 0 Å². The summed E-state index contributed by atoms with van der Waals surface area (Å²) < 4.78 is 2.51. The highest BCUT2D eigenvalue weighted by Crippen LogP contribution is 2.30. The minimum Gasteiger partial charge on any atom is -0.340 e. The quantitative estimate of drug-likeness (QED) is 0.606. The fourth-order valence-corrected chi connectivity index (χ4v) is 4.66. The van der Waals surface area contributed by atoms with Crippen molar-refractivity contribution in [2.75, 3.05) is 13.1 Å². The molecule has 0 N–H and O–H groups in total. The Morgan fingerprint density at radius 3 is 2.54 bits per heavy atom. The molecule has 1 fully saturated rings. The summed E-state index contributed by atoms with van der Waals surface area (Å²) >= 11 is 0. The van der Waals surface area contributed by atoms with Crippen LogP contribution in [0.1, 0.15) is 24.1 Å². The summed E-state index contributed by atoms with van der Waals surface area (Å²) in [4.78, 5) is 2.61. The van der Waals surface area contributed by atoms with E-state index in [-0.39, 0.29) is 0 Å². The minimum atomic E-state index is 0.757. The van der Waals surface area contributed by atoms with E-state index in [2.05, 4.69) is 76.2 Å². The number of para-hydroxylation sites is 1. The lowest BCUT2D eigenvalue weighted by Crippen LogP contribution is -2.32. The first-order chi connectivity index (χ1) is 12.8. The van der Waals surface area contributed by atoms with Crippen LogP contribution in [-0.2, 0) is 19.5 Å². The molecule has 0 amide bonds. The van der Waals surface area contributed by atoms with Crippen LogP contribution < -0.4 is 0 Å². The Labute approximate surface area is 155 Å². The predicted octanol–water partition coefficient (Wildman–Crippen LogP) is 5.04. The summed E-state index contributed by atoms with van der Waals surface area (Å²) in [6, 6.07) is 22.0. The smallest absolute Gasteiger partial charge is 0.0485 e. The number of rotatable bonds is 3. The van der Waals surface area contributed by atoms with Crippen molar-refractivity contribution in [1.82, 2.24) is 9.47 Å². The third kappa shape index (κ3) is 3.10. The van der Waals surface area contributed by atoms with Crippen LogP contribution in [-0.4, -0.2) is 22.6 Å². The van der Waals surface area contributed by atoms with Crippen molar-refractivity contribution >= 4 is 10.9 Å². The summed E-state index contributed by atoms with van der Waals surface area (Å²) in [5.74, 6) is 0.757. The molecule has 0 aliphatic carbocycles. The number of aromatic nitrogens is 1. The second-order valence-corrected chi connectivity index (χ2v) is 7.88. The first-order valence-corrected chi connectivity index (χ1v) is 9.88. The first-order valence-electron chi connectivity index (χ1n) is 9.88. The second kappa shape index (κ2) is 6.77. The molecule has 2 aliphatic rings. The van der Waals surface area contributed by atoms with Crippen molar-refractivity contribution in [3.05, 3.63) is 83.6 Å². The normalized spacial score (nSPS) is 20.1. The molecule has 132 valence electrons. The zero-order valence-electron chi connectivity index (χ0n) is 15.3. The molecule has 0 saturated carbocycles. The molecule has 2 heteroatoms. The topological polar surface area (TPSA) is 8.17 Å². The van der Waals surface area contributed by atoms with Crippen LogP contribution in [0.15, 0.2) is 72.3 Å². The highest BCUT2D eigenvalue weighted by Gasteiger charge is 2.22. The van der Waals surface area contributed by atoms with Crippen molar-refractivity contribution < 1.29 is 0 Å². The standard InChI is InChI=1S/C24H26N2/c1-2-6-20(7-3-1)17-25-12-10-19(11-13-25)14-21-15-23-16-22-8-4-5-9-24(22)26(23)18-21/h1-9,14,16,19H,10-13,15,17-18H2/b21-14+. The number of nitrogens with zero attached hydrogens (tertiary/aromatic N) is 2. The fourth-order valence-electron chi connectivity index (χ4n) is 4.66. The third-order valence-electron chi connectivity index (χ3n) is 6.02. The Hall–Kier alpha value is -2.32. The summed E-state index contributed by atoms with van der Waals surface area (Å²) in [6.45, 7) is 4.63. The van der Waals surface area contributed by atoms with Gasteiger partial charge in [-0.15, -0.1) is 0 Å². The van der Waals surface area contributed by atoms with E-state index in [9.17, 15) is 0 Å². The van der Waals surface area contributed by atoms with Gasteiger partial charge < -0.3 is 4.57 Å². The summed E-state index contributed by atoms with van der Waals surface area (Å²) in [5, 5.41) is 1.38. The van der Waals surface area contributed by atoms with Crippen molar-refractivity contribution in [2.45, 2.75) is 32.4 Å². The maximum absolute atomic E-state index is 2.61. The van der Waals surface area contributed by atoms with E-state index in [4.69, 9.17) is 0 Å². The number of hydrogen-bond donors (Lipinski definition) is 0. The molecule has 1 aromatic heterocycles. The van der Waals surface area contributed by atoms with Gasteiger partial charge >= 0.3 is 0 Å². The number of fused-ring (bicyclic) bond motifs is 3. The fraction of sp³-hybridized carbons (Fsp3) is 0.333. The lowest BCUT2D eigenvalue weighted by Gasteiger charge is -2.31. The lowest BCUT2D eigenvalue weighted by atomic mass is 9.93. The number of piperidine rings is 1. The van der Waals surface area contributed by atoms with E-state index in [1.165, 1.54) is 48.1 Å². The monoisotopic (exact) mass is 342 g/mol. The average molecular weight is 342 g/mol. The Kier molecular flexibility index (Phi) is 4.14. The number of hydrogen-bond acceptors (Lipinski definition) is 1. The van der Waals surface area contributed by atoms with E-state index in [1.807, 2.05) is 0 Å². The molecule has 2 aliphatic heterocycles. The molecule has 0 atom stereocenters. The van der Waals surface area contributed by atoms with Gasteiger partial charge in [0.05, 0.1) is 0 Å². The van der Waals surface area contributed by atoms with Crippen LogP contribution in [0.2, 0.25) is 0 Å². The van der Waals surface area contributed by atoms with Gasteiger partial charge in [-0.25, -0.2) is 0 Å². The second-order valence-electron chi connectivity index (χ2n) is 7.88. The number of benzene rings is 2. The van der Waals surface area contributed by atoms with Crippen LogP contribution in [0.5, 0.6) is 0 Å². The SMILES string of the molecule is C(=C1/Cc2cc3ccccc3n2C1)/C1CCN(Cc2ccccc2)CC1. The van der Waals surface area contributed by atoms with Gasteiger partial charge in [-0.05, 0) is 60.5 Å². The highest BCUT2D eigenvalue weighted by atomic mass is 15.1. The molecule has 0 bridgehead atoms. The van der Waals surface area contributed by atoms with Crippen molar-refractivity contribution in [3.63, 3.8) is 0 Å². The van der Waals surface area contributed by atoms with Crippen LogP contribution in [0, 0.1) is 5.92 Å². The van der Waals surface area contributed by atoms with Crippen molar-refractivity contribution in [2.24, 2.45) is 5.92 Å². The van der Waals surface area contributed by atoms with Gasteiger partial charge in [0.15, 0.2) is 0 Å². The Balaban J connectivity index is 1.21. The summed E-state index contributed by atoms with van der Waals surface area (Å²) in [7, 11) is 0. The van der Waals surface area contributed by atoms with E-state index < -0.39 is 0 Å². The minimum absolute atomic E-state index is 0.757. The molecule has 0 unspecified atom stereocenters. The third-order valence-corrected chi connectivity index (χ3v) is 6.02. The van der Waals surface area contributed by atoms with Crippen LogP contribution in [0.25, 0.3) is 10.9 Å². The molecular formula is C24H26N2.